The van der Waals surface area contributed by atoms with Gasteiger partial charge in [-0.15, -0.1) is 0 Å². The summed E-state index contributed by atoms with van der Waals surface area (Å²) in [6, 6.07) is 8.10. The summed E-state index contributed by atoms with van der Waals surface area (Å²) in [5.74, 6) is 0.340. The molecule has 0 spiro atoms. The van der Waals surface area contributed by atoms with Crippen molar-refractivity contribution in [3.8, 4) is 0 Å². The van der Waals surface area contributed by atoms with Crippen LogP contribution in [0.25, 0.3) is 0 Å². The summed E-state index contributed by atoms with van der Waals surface area (Å²) in [4.78, 5) is 12.4. The number of halogens is 1. The lowest BCUT2D eigenvalue weighted by Crippen LogP contribution is -2.86. The van der Waals surface area contributed by atoms with Crippen LogP contribution in [0.15, 0.2) is 24.3 Å². The Morgan fingerprint density at radius 1 is 1.29 bits per heavy atom. The predicted octanol–water partition coefficient (Wildman–Crippen LogP) is 2.77. The molecule has 0 radical (unpaired) electrons. The smallest absolute Gasteiger partial charge is 0.323 e. The molecular weight excluding hydrogens is 377 g/mol. The largest absolute Gasteiger partial charge is 0.458 e. The fourth-order valence-corrected chi connectivity index (χ4v) is 3.43. The molecule has 3 nitrogen and oxygen atoms in total. The average molecular weight is 402 g/mol. The van der Waals surface area contributed by atoms with Crippen LogP contribution in [0.5, 0.6) is 0 Å². The molecule has 0 aliphatic carbocycles. The Morgan fingerprint density at radius 3 is 2.43 bits per heavy atom. The molecule has 1 atom stereocenters. The highest BCUT2D eigenvalue weighted by Gasteiger charge is 2.36. The van der Waals surface area contributed by atoms with Gasteiger partial charge in [-0.2, -0.15) is 0 Å². The van der Waals surface area contributed by atoms with Gasteiger partial charge in [0.1, 0.15) is 9.53 Å². The van der Waals surface area contributed by atoms with E-state index in [1.54, 1.807) is 0 Å². The highest BCUT2D eigenvalue weighted by Crippen LogP contribution is 2.32. The first kappa shape index (κ1) is 16.7. The van der Waals surface area contributed by atoms with Gasteiger partial charge in [0, 0.05) is 18.8 Å². The van der Waals surface area contributed by atoms with Crippen LogP contribution in [0.3, 0.4) is 0 Å². The molecule has 1 aromatic rings. The van der Waals surface area contributed by atoms with Crippen molar-refractivity contribution in [2.24, 2.45) is 5.92 Å². The van der Waals surface area contributed by atoms with Crippen LogP contribution in [-0.4, -0.2) is 24.7 Å². The summed E-state index contributed by atoms with van der Waals surface area (Å²) in [7, 11) is 0. The van der Waals surface area contributed by atoms with E-state index in [0.717, 1.165) is 31.5 Å². The van der Waals surface area contributed by atoms with Crippen LogP contribution in [-0.2, 0) is 9.53 Å². The van der Waals surface area contributed by atoms with Crippen molar-refractivity contribution < 1.29 is 14.8 Å². The summed E-state index contributed by atoms with van der Waals surface area (Å²) >= 11 is 2.18. The van der Waals surface area contributed by atoms with Crippen molar-refractivity contribution in [1.82, 2.24) is 0 Å². The minimum absolute atomic E-state index is 0.126. The molecule has 0 aromatic heterocycles. The molecule has 1 aromatic carbocycles. The molecule has 1 unspecified atom stereocenters. The Bertz CT molecular complexity index is 478. The van der Waals surface area contributed by atoms with Gasteiger partial charge in [-0.25, -0.2) is 0 Å². The quantitative estimate of drug-likeness (QED) is 0.478. The number of carbonyl (C=O) groups is 1. The fourth-order valence-electron chi connectivity index (χ4n) is 2.89. The van der Waals surface area contributed by atoms with Crippen LogP contribution >= 0.6 is 22.6 Å². The summed E-state index contributed by atoms with van der Waals surface area (Å²) in [6.45, 7) is 8.43. The molecule has 0 amide bonds. The number of quaternary nitrogens is 1. The fraction of sp³-hybridized carbons (Fsp3) is 0.588. The highest BCUT2D eigenvalue weighted by atomic mass is 127. The standard InChI is InChI=1S/C17H24INO2/c1-12-4-6-13(7-5-12)15(18)16(20)21-17(2,3)14-8-10-19-11-9-14/h4-7,14-15,19H,8-11H2,1-3H3/p+1. The molecular formula is C17H25INO2+. The molecule has 1 heterocycles. The zero-order valence-corrected chi connectivity index (χ0v) is 15.2. The van der Waals surface area contributed by atoms with E-state index >= 15 is 0 Å². The van der Waals surface area contributed by atoms with Gasteiger partial charge in [-0.1, -0.05) is 52.4 Å². The Labute approximate surface area is 141 Å². The predicted molar refractivity (Wildman–Crippen MR) is 92.5 cm³/mol. The molecule has 0 saturated carbocycles. The van der Waals surface area contributed by atoms with E-state index in [1.807, 2.05) is 31.2 Å². The lowest BCUT2D eigenvalue weighted by molar-refractivity contribution is -0.665. The number of benzene rings is 1. The molecule has 1 aliphatic rings. The lowest BCUT2D eigenvalue weighted by Gasteiger charge is -2.36. The number of hydrogen-bond acceptors (Lipinski definition) is 2. The Morgan fingerprint density at radius 2 is 1.86 bits per heavy atom. The second kappa shape index (κ2) is 7.09. The van der Waals surface area contributed by atoms with Crippen LogP contribution in [0.4, 0.5) is 0 Å². The molecule has 2 N–H and O–H groups in total. The van der Waals surface area contributed by atoms with Crippen LogP contribution in [0.1, 0.15) is 41.7 Å². The number of aryl methyl sites for hydroxylation is 1. The van der Waals surface area contributed by atoms with Gasteiger partial charge in [-0.05, 0) is 26.3 Å². The summed E-state index contributed by atoms with van der Waals surface area (Å²) in [6.07, 6.45) is 2.24. The van der Waals surface area contributed by atoms with E-state index in [0.29, 0.717) is 5.92 Å². The topological polar surface area (TPSA) is 42.9 Å². The van der Waals surface area contributed by atoms with Gasteiger partial charge >= 0.3 is 5.97 Å². The van der Waals surface area contributed by atoms with Crippen LogP contribution < -0.4 is 5.32 Å². The number of ether oxygens (including phenoxy) is 1. The molecule has 2 rings (SSSR count). The van der Waals surface area contributed by atoms with Crippen molar-refractivity contribution in [3.05, 3.63) is 35.4 Å². The molecule has 1 aliphatic heterocycles. The van der Waals surface area contributed by atoms with E-state index < -0.39 is 0 Å². The highest BCUT2D eigenvalue weighted by molar-refractivity contribution is 14.1. The maximum atomic E-state index is 12.4. The number of hydrogen-bond donors (Lipinski definition) is 1. The van der Waals surface area contributed by atoms with Gasteiger partial charge in [0.25, 0.3) is 0 Å². The minimum Gasteiger partial charge on any atom is -0.458 e. The summed E-state index contributed by atoms with van der Waals surface area (Å²) in [5.41, 5.74) is 1.84. The van der Waals surface area contributed by atoms with Crippen molar-refractivity contribution in [2.45, 2.75) is 43.1 Å². The zero-order valence-electron chi connectivity index (χ0n) is 13.1. The van der Waals surface area contributed by atoms with Crippen molar-refractivity contribution >= 4 is 28.6 Å². The third-order valence-corrected chi connectivity index (χ3v) is 5.59. The van der Waals surface area contributed by atoms with Crippen molar-refractivity contribution in [3.63, 3.8) is 0 Å². The molecule has 4 heteroatoms. The minimum atomic E-state index is -0.376. The first-order valence-corrected chi connectivity index (χ1v) is 8.90. The van der Waals surface area contributed by atoms with Crippen molar-refractivity contribution in [1.29, 1.82) is 0 Å². The normalized spacial score (nSPS) is 18.3. The van der Waals surface area contributed by atoms with Gasteiger partial charge in [0.05, 0.1) is 13.1 Å². The van der Waals surface area contributed by atoms with E-state index in [1.165, 1.54) is 5.56 Å². The second-order valence-corrected chi connectivity index (χ2v) is 7.68. The van der Waals surface area contributed by atoms with E-state index in [-0.39, 0.29) is 15.5 Å². The second-order valence-electron chi connectivity index (χ2n) is 6.44. The van der Waals surface area contributed by atoms with Gasteiger partial charge in [0.2, 0.25) is 0 Å². The van der Waals surface area contributed by atoms with Gasteiger partial charge in [-0.3, -0.25) is 4.79 Å². The maximum Gasteiger partial charge on any atom is 0.323 e. The Kier molecular flexibility index (Phi) is 5.66. The Hall–Kier alpha value is -0.620. The van der Waals surface area contributed by atoms with E-state index in [4.69, 9.17) is 4.74 Å². The summed E-state index contributed by atoms with van der Waals surface area (Å²) < 4.78 is 5.63. The van der Waals surface area contributed by atoms with Gasteiger partial charge in [0.15, 0.2) is 0 Å². The van der Waals surface area contributed by atoms with Crippen LogP contribution in [0.2, 0.25) is 0 Å². The number of rotatable bonds is 4. The third-order valence-electron chi connectivity index (χ3n) is 4.36. The molecule has 1 fully saturated rings. The lowest BCUT2D eigenvalue weighted by atomic mass is 9.83. The molecule has 1 saturated heterocycles. The maximum absolute atomic E-state index is 12.4. The molecule has 21 heavy (non-hydrogen) atoms. The number of nitrogens with two attached hydrogens (primary N) is 1. The first-order valence-electron chi connectivity index (χ1n) is 7.65. The number of piperidine rings is 1. The molecule has 0 bridgehead atoms. The van der Waals surface area contributed by atoms with E-state index in [2.05, 4.69) is 41.8 Å². The third kappa shape index (κ3) is 4.42. The number of alkyl halides is 1. The van der Waals surface area contributed by atoms with Gasteiger partial charge < -0.3 is 10.1 Å². The zero-order chi connectivity index (χ0) is 15.5. The summed E-state index contributed by atoms with van der Waals surface area (Å²) in [5, 5.41) is 2.34. The van der Waals surface area contributed by atoms with Crippen molar-refractivity contribution in [2.75, 3.05) is 13.1 Å². The van der Waals surface area contributed by atoms with Crippen LogP contribution in [0, 0.1) is 12.8 Å². The monoisotopic (exact) mass is 402 g/mol. The molecule has 116 valence electrons. The SMILES string of the molecule is Cc1ccc(C(I)C(=O)OC(C)(C)C2CC[NH2+]CC2)cc1. The first-order chi connectivity index (χ1) is 9.90. The number of carbonyl (C=O) groups excluding carboxylic acids is 1. The number of esters is 1. The average Bonchev–Trinajstić information content (AvgIpc) is 2.48. The van der Waals surface area contributed by atoms with E-state index in [9.17, 15) is 4.79 Å². The Balaban J connectivity index is 2.00.